The summed E-state index contributed by atoms with van der Waals surface area (Å²) in [6.07, 6.45) is -0.936. The molecule has 0 spiro atoms. The van der Waals surface area contributed by atoms with Crippen molar-refractivity contribution in [2.24, 2.45) is 5.92 Å². The Balaban J connectivity index is 1.32. The summed E-state index contributed by atoms with van der Waals surface area (Å²) >= 11 is 1.44. The number of aromatic nitrogens is 1. The van der Waals surface area contributed by atoms with E-state index in [0.717, 1.165) is 5.56 Å². The molecule has 5 atom stereocenters. The second kappa shape index (κ2) is 13.2. The lowest BCUT2D eigenvalue weighted by atomic mass is 9.90. The predicted octanol–water partition coefficient (Wildman–Crippen LogP) is 2.19. The molecule has 228 valence electrons. The van der Waals surface area contributed by atoms with Crippen LogP contribution >= 0.6 is 11.8 Å². The molecule has 3 heterocycles. The Labute approximate surface area is 254 Å². The van der Waals surface area contributed by atoms with Crippen LogP contribution in [0.3, 0.4) is 0 Å². The van der Waals surface area contributed by atoms with Gasteiger partial charge < -0.3 is 35.0 Å². The van der Waals surface area contributed by atoms with Crippen LogP contribution in [0.25, 0.3) is 0 Å². The van der Waals surface area contributed by atoms with Crippen molar-refractivity contribution < 1.29 is 33.9 Å². The van der Waals surface area contributed by atoms with Crippen LogP contribution in [0.5, 0.6) is 5.75 Å². The van der Waals surface area contributed by atoms with Gasteiger partial charge in [-0.05, 0) is 38.3 Å². The monoisotopic (exact) mass is 608 g/mol. The Bertz CT molecular complexity index is 1420. The number of aliphatic hydroxyl groups excluding tert-OH is 2. The van der Waals surface area contributed by atoms with Gasteiger partial charge in [0.1, 0.15) is 30.6 Å². The maximum atomic E-state index is 13.7. The van der Waals surface area contributed by atoms with Gasteiger partial charge in [0.25, 0.3) is 5.91 Å². The van der Waals surface area contributed by atoms with E-state index in [9.17, 15) is 24.6 Å². The van der Waals surface area contributed by atoms with Crippen LogP contribution in [0.4, 0.5) is 0 Å². The summed E-state index contributed by atoms with van der Waals surface area (Å²) in [7, 11) is 0. The van der Waals surface area contributed by atoms with Crippen LogP contribution in [-0.2, 0) is 27.3 Å². The summed E-state index contributed by atoms with van der Waals surface area (Å²) in [5.41, 5.74) is 1.51. The first-order chi connectivity index (χ1) is 20.6. The van der Waals surface area contributed by atoms with E-state index in [1.807, 2.05) is 50.2 Å². The molecule has 11 nitrogen and oxygen atoms in total. The molecule has 43 heavy (non-hydrogen) atoms. The summed E-state index contributed by atoms with van der Waals surface area (Å²) < 4.78 is 10.0. The molecule has 3 aromatic rings. The summed E-state index contributed by atoms with van der Waals surface area (Å²) in [6, 6.07) is 16.6. The first kappa shape index (κ1) is 30.6. The van der Waals surface area contributed by atoms with Crippen molar-refractivity contribution >= 4 is 29.5 Å². The molecule has 0 saturated carbocycles. The molecule has 0 bridgehead atoms. The van der Waals surface area contributed by atoms with Gasteiger partial charge in [-0.2, -0.15) is 0 Å². The topological polar surface area (TPSA) is 154 Å². The Morgan fingerprint density at radius 1 is 1.12 bits per heavy atom. The second-order valence-corrected chi connectivity index (χ2v) is 12.9. The molecule has 1 aromatic heterocycles. The molecular weight excluding hydrogens is 572 g/mol. The first-order valence-corrected chi connectivity index (χ1v) is 15.2. The van der Waals surface area contributed by atoms with E-state index in [1.54, 1.807) is 24.3 Å². The minimum absolute atomic E-state index is 0.0225. The average molecular weight is 609 g/mol. The van der Waals surface area contributed by atoms with E-state index in [-0.39, 0.29) is 37.8 Å². The summed E-state index contributed by atoms with van der Waals surface area (Å²) in [4.78, 5) is 42.0. The highest BCUT2D eigenvalue weighted by atomic mass is 32.2. The first-order valence-electron chi connectivity index (χ1n) is 14.2. The third kappa shape index (κ3) is 7.03. The summed E-state index contributed by atoms with van der Waals surface area (Å²) in [5.74, 6) is -0.946. The van der Waals surface area contributed by atoms with Gasteiger partial charge in [-0.3, -0.25) is 14.4 Å². The van der Waals surface area contributed by atoms with E-state index >= 15 is 0 Å². The van der Waals surface area contributed by atoms with Crippen LogP contribution in [0, 0.1) is 5.92 Å². The van der Waals surface area contributed by atoms with Crippen molar-refractivity contribution in [1.29, 1.82) is 0 Å². The number of thioether (sulfide) groups is 1. The highest BCUT2D eigenvalue weighted by molar-refractivity contribution is 8.00. The lowest BCUT2D eigenvalue weighted by Crippen LogP contribution is -2.55. The maximum absolute atomic E-state index is 13.7. The third-order valence-electron chi connectivity index (χ3n) is 7.84. The van der Waals surface area contributed by atoms with E-state index < -0.39 is 46.8 Å². The Morgan fingerprint density at radius 2 is 1.86 bits per heavy atom. The normalized spacial score (nSPS) is 22.1. The Morgan fingerprint density at radius 3 is 2.60 bits per heavy atom. The fraction of sp³-hybridized carbons (Fsp3) is 0.419. The van der Waals surface area contributed by atoms with Crippen molar-refractivity contribution in [1.82, 2.24) is 20.7 Å². The van der Waals surface area contributed by atoms with Gasteiger partial charge >= 0.3 is 0 Å². The number of rotatable bonds is 10. The predicted molar refractivity (Wildman–Crippen MR) is 159 cm³/mol. The molecule has 0 aliphatic carbocycles. The number of ether oxygens (including phenoxy) is 1. The SMILES string of the molecule is CC1(C)SCN(C(=O)[C@@H](O)C[C@H](Cc2ccccc2)C(=O)N[C@H]2c3ccccc3OC[C@H]2O)[C@@H]1C(=O)NCc1ccno1. The maximum Gasteiger partial charge on any atom is 0.252 e. The van der Waals surface area contributed by atoms with Crippen LogP contribution < -0.4 is 15.4 Å². The van der Waals surface area contributed by atoms with Gasteiger partial charge in [0.05, 0.1) is 24.7 Å². The van der Waals surface area contributed by atoms with Crippen molar-refractivity contribution in [3.05, 3.63) is 83.7 Å². The fourth-order valence-corrected chi connectivity index (χ4v) is 6.69. The molecular formula is C31H36N4O7S. The van der Waals surface area contributed by atoms with E-state index in [2.05, 4.69) is 15.8 Å². The number of amides is 3. The molecule has 2 aliphatic rings. The van der Waals surface area contributed by atoms with Crippen LogP contribution in [0.1, 0.15) is 43.2 Å². The molecule has 12 heteroatoms. The van der Waals surface area contributed by atoms with Crippen molar-refractivity contribution in [3.8, 4) is 5.75 Å². The second-order valence-electron chi connectivity index (χ2n) is 11.3. The highest BCUT2D eigenvalue weighted by Gasteiger charge is 2.49. The number of nitrogens with zero attached hydrogens (tertiary/aromatic N) is 2. The fourth-order valence-electron chi connectivity index (χ4n) is 5.55. The van der Waals surface area contributed by atoms with Gasteiger partial charge in [-0.25, -0.2) is 0 Å². The largest absolute Gasteiger partial charge is 0.490 e. The number of nitrogens with one attached hydrogen (secondary N) is 2. The third-order valence-corrected chi connectivity index (χ3v) is 9.21. The van der Waals surface area contributed by atoms with Gasteiger partial charge in [0.15, 0.2) is 5.76 Å². The molecule has 0 radical (unpaired) electrons. The highest BCUT2D eigenvalue weighted by Crippen LogP contribution is 2.40. The van der Waals surface area contributed by atoms with Gasteiger partial charge in [-0.15, -0.1) is 11.8 Å². The number of benzene rings is 2. The Hall–Kier alpha value is -3.87. The minimum atomic E-state index is -1.54. The van der Waals surface area contributed by atoms with Crippen molar-refractivity contribution in [3.63, 3.8) is 0 Å². The van der Waals surface area contributed by atoms with E-state index in [4.69, 9.17) is 9.26 Å². The van der Waals surface area contributed by atoms with E-state index in [0.29, 0.717) is 17.1 Å². The van der Waals surface area contributed by atoms with E-state index in [1.165, 1.54) is 22.9 Å². The smallest absolute Gasteiger partial charge is 0.252 e. The number of fused-ring (bicyclic) bond motifs is 1. The molecule has 0 unspecified atom stereocenters. The number of aliphatic hydroxyl groups is 2. The number of hydrogen-bond acceptors (Lipinski definition) is 9. The summed E-state index contributed by atoms with van der Waals surface area (Å²) in [6.45, 7) is 3.88. The van der Waals surface area contributed by atoms with Crippen LogP contribution in [-0.4, -0.2) is 73.5 Å². The molecule has 1 saturated heterocycles. The van der Waals surface area contributed by atoms with Gasteiger partial charge in [-0.1, -0.05) is 53.7 Å². The Kier molecular flexibility index (Phi) is 9.38. The molecule has 4 N–H and O–H groups in total. The quantitative estimate of drug-likeness (QED) is 0.271. The lowest BCUT2D eigenvalue weighted by Gasteiger charge is -2.33. The zero-order valence-corrected chi connectivity index (χ0v) is 24.8. The number of carbonyl (C=O) groups is 3. The zero-order valence-electron chi connectivity index (χ0n) is 24.0. The molecule has 2 aromatic carbocycles. The summed E-state index contributed by atoms with van der Waals surface area (Å²) in [5, 5.41) is 31.3. The molecule has 2 aliphatic heterocycles. The standard InChI is InChI=1S/C31H36N4O7S/c1-31(2)27(29(39)32-16-21-12-13-33-42-21)35(18-43-31)30(40)23(36)15-20(14-19-8-4-3-5-9-19)28(38)34-26-22-10-6-7-11-25(22)41-17-24(26)37/h3-13,20,23-24,26-27,36-37H,14-18H2,1-2H3,(H,32,39)(H,34,38)/t20-,23-,24+,26-,27+/m0/s1. The average Bonchev–Trinajstić information content (AvgIpc) is 3.64. The zero-order chi connectivity index (χ0) is 30.6. The number of hydrogen-bond donors (Lipinski definition) is 4. The molecule has 3 amide bonds. The van der Waals surface area contributed by atoms with Crippen LogP contribution in [0.15, 0.2) is 71.4 Å². The lowest BCUT2D eigenvalue weighted by molar-refractivity contribution is -0.147. The van der Waals surface area contributed by atoms with Crippen molar-refractivity contribution in [2.45, 2.75) is 62.3 Å². The number of para-hydroxylation sites is 1. The van der Waals surface area contributed by atoms with Gasteiger partial charge in [0, 0.05) is 22.3 Å². The molecule has 1 fully saturated rings. The van der Waals surface area contributed by atoms with Gasteiger partial charge in [0.2, 0.25) is 11.8 Å². The minimum Gasteiger partial charge on any atom is -0.490 e. The van der Waals surface area contributed by atoms with Crippen molar-refractivity contribution in [2.75, 3.05) is 12.5 Å². The van der Waals surface area contributed by atoms with Crippen LogP contribution in [0.2, 0.25) is 0 Å². The molecule has 5 rings (SSSR count). The number of carbonyl (C=O) groups excluding carboxylic acids is 3.